The first-order valence-electron chi connectivity index (χ1n) is 0.730. The number of rotatable bonds is 0. The summed E-state index contributed by atoms with van der Waals surface area (Å²) in [5, 5.41) is 0. The smallest absolute Gasteiger partial charge is 1.00 e. The van der Waals surface area contributed by atoms with Gasteiger partial charge in [0.1, 0.15) is 0 Å². The molecule has 0 rings (SSSR count). The van der Waals surface area contributed by atoms with Crippen LogP contribution in [0.15, 0.2) is 0 Å². The predicted octanol–water partition coefficient (Wildman–Crippen LogP) is -4.33. The van der Waals surface area contributed by atoms with Crippen LogP contribution in [0.5, 0.6) is 0 Å². The van der Waals surface area contributed by atoms with Gasteiger partial charge < -0.3 is 0 Å². The van der Waals surface area contributed by atoms with Crippen LogP contribution in [-0.4, -0.2) is 63.4 Å². The Kier molecular flexibility index (Phi) is 6.74. The van der Waals surface area contributed by atoms with Crippen molar-refractivity contribution in [1.82, 2.24) is 0 Å². The molecule has 0 aliphatic rings. The van der Waals surface area contributed by atoms with Gasteiger partial charge in [0.05, 0.1) is 0 Å². The molecule has 0 atom stereocenters. The Morgan fingerprint density at radius 2 is 1.33 bits per heavy atom. The Morgan fingerprint density at radius 3 is 1.33 bits per heavy atom. The maximum absolute atomic E-state index is 8.61. The molecule has 32 valence electrons. The van der Waals surface area contributed by atoms with Gasteiger partial charge in [0.15, 0.2) is 0 Å². The third-order valence-electron chi connectivity index (χ3n) is 0. The average Bonchev–Trinajstić information content (AvgIpc) is 0.722. The van der Waals surface area contributed by atoms with Gasteiger partial charge in [0.2, 0.25) is 0 Å². The Labute approximate surface area is 79.5 Å². The fourth-order valence-corrected chi connectivity index (χ4v) is 0. The first-order valence-corrected chi connectivity index (χ1v) is 3.79. The summed E-state index contributed by atoms with van der Waals surface area (Å²) in [6.07, 6.45) is 0. The Morgan fingerprint density at radius 1 is 1.33 bits per heavy atom. The summed E-state index contributed by atoms with van der Waals surface area (Å²) in [5.74, 6) is 0. The van der Waals surface area contributed by atoms with Crippen LogP contribution in [-0.2, 0) is 3.74 Å². The summed E-state index contributed by atoms with van der Waals surface area (Å²) >= 11 is -5.88. The zero-order chi connectivity index (χ0) is 4.50. The van der Waals surface area contributed by atoms with Gasteiger partial charge in [-0.25, -0.2) is 0 Å². The molecule has 0 aliphatic heterocycles. The molecule has 6 heteroatoms. The van der Waals surface area contributed by atoms with Crippen molar-refractivity contribution in [2.75, 3.05) is 0 Å². The number of hydrogen-bond donors (Lipinski definition) is 0. The van der Waals surface area contributed by atoms with Crippen LogP contribution in [0.2, 0.25) is 0 Å². The van der Waals surface area contributed by atoms with Crippen molar-refractivity contribution in [2.24, 2.45) is 0 Å². The van der Waals surface area contributed by atoms with Gasteiger partial charge in [0.25, 0.3) is 0 Å². The van der Waals surface area contributed by atoms with E-state index in [1.165, 1.54) is 0 Å². The molecule has 0 saturated carbocycles. The van der Waals surface area contributed by atoms with Gasteiger partial charge >= 0.3 is 80.8 Å². The molecule has 4 nitrogen and oxygen atoms in total. The third kappa shape index (κ3) is 41.0. The van der Waals surface area contributed by atoms with E-state index in [1.54, 1.807) is 0 Å². The van der Waals surface area contributed by atoms with Gasteiger partial charge in [-0.2, -0.15) is 0 Å². The zero-order valence-corrected chi connectivity index (χ0v) is 9.10. The van der Waals surface area contributed by atoms with Crippen molar-refractivity contribution in [3.8, 4) is 0 Å². The maximum Gasteiger partial charge on any atom is 2.00 e. The minimum atomic E-state index is -5.88. The standard InChI is InChI=1S/AsH3O4.Ba/c2-1(3,4)5;/h(H3,2,3,4,5);/q;+2/p-2. The molecule has 0 amide bonds. The fourth-order valence-electron chi connectivity index (χ4n) is 0. The maximum atomic E-state index is 8.61. The fraction of sp³-hybridized carbons (Fsp3) is 0. The monoisotopic (exact) mass is 278 g/mol. The van der Waals surface area contributed by atoms with E-state index in [1.807, 2.05) is 0 Å². The zero-order valence-electron chi connectivity index (χ0n) is 3.79. The summed E-state index contributed by atoms with van der Waals surface area (Å²) in [4.78, 5) is 0. The average molecular weight is 277 g/mol. The van der Waals surface area contributed by atoms with Gasteiger partial charge in [-0.05, 0) is 0 Å². The quantitative estimate of drug-likeness (QED) is 0.419. The minimum Gasteiger partial charge on any atom is 1.00 e. The molecule has 0 aromatic carbocycles. The summed E-state index contributed by atoms with van der Waals surface area (Å²) < 4.78 is 34.4. The van der Waals surface area contributed by atoms with Crippen LogP contribution in [0.25, 0.3) is 0 Å². The van der Waals surface area contributed by atoms with Crippen LogP contribution < -0.4 is 12.3 Å². The van der Waals surface area contributed by atoms with Crippen molar-refractivity contribution in [3.05, 3.63) is 0 Å². The first kappa shape index (κ1) is 10.7. The van der Waals surface area contributed by atoms with Crippen LogP contribution in [0.1, 0.15) is 1.43 Å². The molecular weight excluding hydrogens is 276 g/mol. The van der Waals surface area contributed by atoms with Crippen LogP contribution >= 0.6 is 0 Å². The summed E-state index contributed by atoms with van der Waals surface area (Å²) in [6, 6.07) is 0. The second kappa shape index (κ2) is 3.77. The van der Waals surface area contributed by atoms with Gasteiger partial charge in [0, 0.05) is 0 Å². The van der Waals surface area contributed by atoms with Gasteiger partial charge in [-0.15, -0.1) is 0 Å². The van der Waals surface area contributed by atoms with Crippen molar-refractivity contribution in [2.45, 2.75) is 0 Å². The van der Waals surface area contributed by atoms with E-state index < -0.39 is 14.5 Å². The Bertz CT molecular complexity index is 57.8. The van der Waals surface area contributed by atoms with Crippen LogP contribution in [0, 0.1) is 0 Å². The summed E-state index contributed by atoms with van der Waals surface area (Å²) in [5.41, 5.74) is 0. The SMILES string of the molecule is O=[As]([O-])([O-])[O-].[Ba+2].[H+]. The van der Waals surface area contributed by atoms with Crippen molar-refractivity contribution >= 4 is 63.4 Å². The van der Waals surface area contributed by atoms with Gasteiger partial charge in [-0.3, -0.25) is 0 Å². The molecule has 0 heterocycles. The first-order chi connectivity index (χ1) is 2.00. The topological polar surface area (TPSA) is 86.2 Å². The van der Waals surface area contributed by atoms with Crippen molar-refractivity contribution < 1.29 is 17.5 Å². The largest absolute Gasteiger partial charge is 2.00 e. The molecule has 0 aromatic rings. The van der Waals surface area contributed by atoms with E-state index >= 15 is 0 Å². The summed E-state index contributed by atoms with van der Waals surface area (Å²) in [7, 11) is 0. The van der Waals surface area contributed by atoms with E-state index in [0.29, 0.717) is 0 Å². The Balaban J connectivity index is -0.0000000800. The Hall–Kier alpha value is 1.81. The molecule has 6 heavy (non-hydrogen) atoms. The van der Waals surface area contributed by atoms with E-state index in [-0.39, 0.29) is 50.3 Å². The van der Waals surface area contributed by atoms with E-state index in [0.717, 1.165) is 0 Å². The van der Waals surface area contributed by atoms with E-state index in [9.17, 15) is 0 Å². The van der Waals surface area contributed by atoms with Crippen LogP contribution in [0.4, 0.5) is 0 Å². The van der Waals surface area contributed by atoms with Crippen molar-refractivity contribution in [3.63, 3.8) is 0 Å². The minimum absolute atomic E-state index is 0. The molecule has 0 N–H and O–H groups in total. The number of hydrogen-bond acceptors (Lipinski definition) is 4. The second-order valence-corrected chi connectivity index (χ2v) is 2.32. The third-order valence-corrected chi connectivity index (χ3v) is 0. The molecule has 0 aromatic heterocycles. The van der Waals surface area contributed by atoms with Crippen molar-refractivity contribution in [1.29, 1.82) is 0 Å². The predicted molar refractivity (Wildman–Crippen MR) is 13.3 cm³/mol. The molecule has 0 unspecified atom stereocenters. The van der Waals surface area contributed by atoms with Gasteiger partial charge in [-0.1, -0.05) is 0 Å². The molecular formula is HAsBaO4. The van der Waals surface area contributed by atoms with E-state index in [2.05, 4.69) is 0 Å². The summed E-state index contributed by atoms with van der Waals surface area (Å²) in [6.45, 7) is 0. The normalized spacial score (nSPS) is 9.83. The molecule has 0 fully saturated rings. The second-order valence-electron chi connectivity index (χ2n) is 0.447. The molecule has 0 aliphatic carbocycles. The van der Waals surface area contributed by atoms with E-state index in [4.69, 9.17) is 16.0 Å². The molecule has 0 saturated heterocycles. The molecule has 0 spiro atoms. The van der Waals surface area contributed by atoms with Crippen LogP contribution in [0.3, 0.4) is 0 Å². The molecule has 0 radical (unpaired) electrons. The molecule has 0 bridgehead atoms.